The first-order valence-electron chi connectivity index (χ1n) is 11.2. The number of halogens is 5. The van der Waals surface area contributed by atoms with E-state index in [9.17, 15) is 22.0 Å². The van der Waals surface area contributed by atoms with Crippen molar-refractivity contribution in [3.8, 4) is 0 Å². The highest BCUT2D eigenvalue weighted by Crippen LogP contribution is 2.43. The van der Waals surface area contributed by atoms with Crippen molar-refractivity contribution in [3.05, 3.63) is 36.3 Å². The van der Waals surface area contributed by atoms with Crippen molar-refractivity contribution in [3.63, 3.8) is 0 Å². The molecule has 2 aliphatic heterocycles. The highest BCUT2D eigenvalue weighted by molar-refractivity contribution is 5.71. The molecule has 0 bridgehead atoms. The molecule has 0 radical (unpaired) electrons. The van der Waals surface area contributed by atoms with E-state index in [4.69, 9.17) is 0 Å². The van der Waals surface area contributed by atoms with Crippen LogP contribution in [-0.4, -0.2) is 57.3 Å². The molecule has 2 aliphatic rings. The van der Waals surface area contributed by atoms with Crippen molar-refractivity contribution < 1.29 is 22.0 Å². The molecule has 2 fully saturated rings. The van der Waals surface area contributed by atoms with Gasteiger partial charge < -0.3 is 9.80 Å². The highest BCUT2D eigenvalue weighted by Gasteiger charge is 2.39. The van der Waals surface area contributed by atoms with Gasteiger partial charge in [-0.3, -0.25) is 0 Å². The van der Waals surface area contributed by atoms with Gasteiger partial charge in [-0.15, -0.1) is 0 Å². The van der Waals surface area contributed by atoms with Crippen LogP contribution in [0.25, 0.3) is 11.2 Å². The third-order valence-electron chi connectivity index (χ3n) is 7.01. The number of anilines is 2. The lowest BCUT2D eigenvalue weighted by Gasteiger charge is -2.47. The minimum atomic E-state index is -4.38. The topological polar surface area (TPSA) is 63.0 Å². The lowest BCUT2D eigenvalue weighted by Crippen LogP contribution is -2.47. The number of hydrogen-bond donors (Lipinski definition) is 0. The number of rotatable bonds is 4. The van der Waals surface area contributed by atoms with Crippen LogP contribution in [0.2, 0.25) is 0 Å². The first kappa shape index (κ1) is 22.7. The van der Waals surface area contributed by atoms with Gasteiger partial charge in [0.25, 0.3) is 6.43 Å². The molecule has 0 unspecified atom stereocenters. The highest BCUT2D eigenvalue weighted by atomic mass is 19.4. The van der Waals surface area contributed by atoms with Gasteiger partial charge in [0.15, 0.2) is 5.65 Å². The van der Waals surface area contributed by atoms with E-state index < -0.39 is 24.7 Å². The Morgan fingerprint density at radius 1 is 0.912 bits per heavy atom. The molecule has 7 nitrogen and oxygen atoms in total. The molecular formula is C22H24F5N7. The number of piperidine rings is 2. The van der Waals surface area contributed by atoms with E-state index in [-0.39, 0.29) is 5.41 Å². The van der Waals surface area contributed by atoms with Crippen LogP contribution >= 0.6 is 0 Å². The quantitative estimate of drug-likeness (QED) is 0.515. The van der Waals surface area contributed by atoms with Gasteiger partial charge in [0.05, 0.1) is 18.0 Å². The molecule has 12 heteroatoms. The predicted molar refractivity (Wildman–Crippen MR) is 116 cm³/mol. The van der Waals surface area contributed by atoms with Crippen LogP contribution in [-0.2, 0) is 12.7 Å². The van der Waals surface area contributed by atoms with Crippen LogP contribution in [0.3, 0.4) is 0 Å². The lowest BCUT2D eigenvalue weighted by molar-refractivity contribution is -0.137. The van der Waals surface area contributed by atoms with Gasteiger partial charge in [-0.1, -0.05) is 0 Å². The van der Waals surface area contributed by atoms with Crippen molar-refractivity contribution in [2.75, 3.05) is 36.0 Å². The predicted octanol–water partition coefficient (Wildman–Crippen LogP) is 4.39. The van der Waals surface area contributed by atoms with E-state index in [0.717, 1.165) is 50.9 Å². The fourth-order valence-corrected chi connectivity index (χ4v) is 4.94. The van der Waals surface area contributed by atoms with Crippen LogP contribution in [0.5, 0.6) is 0 Å². The maximum absolute atomic E-state index is 13.0. The average molecular weight is 481 g/mol. The second kappa shape index (κ2) is 8.62. The summed E-state index contributed by atoms with van der Waals surface area (Å²) >= 11 is 0. The van der Waals surface area contributed by atoms with Crippen LogP contribution in [0.15, 0.2) is 30.7 Å². The molecule has 34 heavy (non-hydrogen) atoms. The van der Waals surface area contributed by atoms with Crippen molar-refractivity contribution >= 4 is 22.8 Å². The summed E-state index contributed by atoms with van der Waals surface area (Å²) in [5.41, 5.74) is 0.274. The summed E-state index contributed by atoms with van der Waals surface area (Å²) in [5.74, 6) is 1.01. The molecule has 0 atom stereocenters. The molecule has 0 aliphatic carbocycles. The number of hydrogen-bond acceptors (Lipinski definition) is 6. The van der Waals surface area contributed by atoms with Crippen molar-refractivity contribution in [2.45, 2.75) is 44.8 Å². The third-order valence-corrected chi connectivity index (χ3v) is 7.01. The molecule has 182 valence electrons. The molecule has 1 spiro atoms. The minimum Gasteiger partial charge on any atom is -0.357 e. The minimum absolute atomic E-state index is 0.129. The Balaban J connectivity index is 1.22. The SMILES string of the molecule is FC(F)Cn1ncc2ncc(N3CCC4(CCN(c5cc(C(F)(F)F)ccn5)CC4)CC3)nc21. The van der Waals surface area contributed by atoms with Gasteiger partial charge >= 0.3 is 6.18 Å². The molecule has 2 saturated heterocycles. The molecule has 5 rings (SSSR count). The number of fused-ring (bicyclic) bond motifs is 1. The number of aromatic nitrogens is 5. The van der Waals surface area contributed by atoms with Crippen molar-refractivity contribution in [2.24, 2.45) is 5.41 Å². The Hall–Kier alpha value is -3.05. The van der Waals surface area contributed by atoms with Crippen LogP contribution in [0.4, 0.5) is 33.6 Å². The van der Waals surface area contributed by atoms with Crippen LogP contribution < -0.4 is 9.80 Å². The lowest BCUT2D eigenvalue weighted by atomic mass is 9.71. The van der Waals surface area contributed by atoms with E-state index in [1.54, 1.807) is 6.20 Å². The standard InChI is InChI=1S/C22H24F5N7/c23-17(24)14-34-20-16(12-30-34)29-13-19(31-20)33-9-4-21(5-10-33)2-7-32(8-3-21)18-11-15(1-6-28-18)22(25,26)27/h1,6,11-13,17H,2-5,7-10,14H2. The Morgan fingerprint density at radius 3 is 2.18 bits per heavy atom. The maximum Gasteiger partial charge on any atom is 0.416 e. The summed E-state index contributed by atoms with van der Waals surface area (Å²) in [6.45, 7) is 2.30. The van der Waals surface area contributed by atoms with E-state index in [1.165, 1.54) is 17.1 Å². The zero-order chi connectivity index (χ0) is 23.9. The number of nitrogens with zero attached hydrogens (tertiary/aromatic N) is 7. The molecule has 3 aromatic heterocycles. The van der Waals surface area contributed by atoms with Crippen LogP contribution in [0.1, 0.15) is 31.2 Å². The van der Waals surface area contributed by atoms with Crippen molar-refractivity contribution in [1.29, 1.82) is 0 Å². The molecule has 3 aromatic rings. The molecule has 0 N–H and O–H groups in total. The Bertz CT molecular complexity index is 1140. The Kier molecular flexibility index (Phi) is 5.76. The molecule has 0 aromatic carbocycles. The van der Waals surface area contributed by atoms with Gasteiger partial charge in [0.1, 0.15) is 23.7 Å². The fraction of sp³-hybridized carbons (Fsp3) is 0.545. The summed E-state index contributed by atoms with van der Waals surface area (Å²) in [6.07, 6.45) is 0.996. The molecule has 0 amide bonds. The summed E-state index contributed by atoms with van der Waals surface area (Å²) in [6, 6.07) is 2.11. The van der Waals surface area contributed by atoms with E-state index in [2.05, 4.69) is 25.0 Å². The zero-order valence-corrected chi connectivity index (χ0v) is 18.3. The maximum atomic E-state index is 13.0. The van der Waals surface area contributed by atoms with Gasteiger partial charge in [0.2, 0.25) is 0 Å². The Morgan fingerprint density at radius 2 is 1.56 bits per heavy atom. The Labute approximate surface area is 192 Å². The fourth-order valence-electron chi connectivity index (χ4n) is 4.94. The van der Waals surface area contributed by atoms with Crippen LogP contribution in [0, 0.1) is 5.41 Å². The van der Waals surface area contributed by atoms with Gasteiger partial charge in [0, 0.05) is 32.4 Å². The number of alkyl halides is 5. The zero-order valence-electron chi connectivity index (χ0n) is 18.3. The normalized spacial score (nSPS) is 18.9. The molecular weight excluding hydrogens is 457 g/mol. The number of pyridine rings is 1. The van der Waals surface area contributed by atoms with E-state index in [0.29, 0.717) is 35.9 Å². The molecule has 0 saturated carbocycles. The first-order valence-corrected chi connectivity index (χ1v) is 11.2. The molecule has 5 heterocycles. The summed E-state index contributed by atoms with van der Waals surface area (Å²) in [7, 11) is 0. The third kappa shape index (κ3) is 4.49. The average Bonchev–Trinajstić information content (AvgIpc) is 3.21. The van der Waals surface area contributed by atoms with Gasteiger partial charge in [-0.25, -0.2) is 28.4 Å². The smallest absolute Gasteiger partial charge is 0.357 e. The van der Waals surface area contributed by atoms with Gasteiger partial charge in [-0.2, -0.15) is 18.3 Å². The van der Waals surface area contributed by atoms with Gasteiger partial charge in [-0.05, 0) is 43.2 Å². The summed E-state index contributed by atoms with van der Waals surface area (Å²) in [4.78, 5) is 17.1. The first-order chi connectivity index (χ1) is 16.2. The van der Waals surface area contributed by atoms with Crippen molar-refractivity contribution in [1.82, 2.24) is 24.7 Å². The monoisotopic (exact) mass is 481 g/mol. The second-order valence-electron chi connectivity index (χ2n) is 9.03. The second-order valence-corrected chi connectivity index (χ2v) is 9.03. The van der Waals surface area contributed by atoms with E-state index >= 15 is 0 Å². The van der Waals surface area contributed by atoms with E-state index in [1.807, 2.05) is 4.90 Å². The summed E-state index contributed by atoms with van der Waals surface area (Å²) in [5, 5.41) is 3.96. The summed E-state index contributed by atoms with van der Waals surface area (Å²) < 4.78 is 65.9. The largest absolute Gasteiger partial charge is 0.416 e.